The van der Waals surface area contributed by atoms with Crippen LogP contribution < -0.4 is 4.74 Å². The van der Waals surface area contributed by atoms with Crippen molar-refractivity contribution in [3.63, 3.8) is 0 Å². The van der Waals surface area contributed by atoms with Crippen LogP contribution in [0.15, 0.2) is 40.9 Å². The lowest BCUT2D eigenvalue weighted by molar-refractivity contribution is 0.353. The summed E-state index contributed by atoms with van der Waals surface area (Å²) in [6.45, 7) is 0.751. The maximum Gasteiger partial charge on any atom is 0.127 e. The van der Waals surface area contributed by atoms with Gasteiger partial charge in [0.2, 0.25) is 0 Å². The third-order valence-electron chi connectivity index (χ3n) is 3.44. The first kappa shape index (κ1) is 14.4. The van der Waals surface area contributed by atoms with Gasteiger partial charge < -0.3 is 4.74 Å². The minimum absolute atomic E-state index is 0.203. The number of rotatable bonds is 3. The Morgan fingerprint density at radius 3 is 2.70 bits per heavy atom. The predicted molar refractivity (Wildman–Crippen MR) is 90.2 cm³/mol. The molecule has 4 heteroatoms. The number of benzene rings is 2. The average molecular weight is 417 g/mol. The van der Waals surface area contributed by atoms with Gasteiger partial charge in [-0.15, -0.1) is 0 Å². The number of hydrogen-bond donors (Lipinski definition) is 0. The van der Waals surface area contributed by atoms with Crippen molar-refractivity contribution >= 4 is 43.5 Å². The lowest BCUT2D eigenvalue weighted by atomic mass is 10.0. The summed E-state index contributed by atoms with van der Waals surface area (Å²) in [6.07, 6.45) is 1.85. The monoisotopic (exact) mass is 414 g/mol. The van der Waals surface area contributed by atoms with Gasteiger partial charge in [-0.2, -0.15) is 0 Å². The summed E-state index contributed by atoms with van der Waals surface area (Å²) in [6, 6.07) is 12.4. The number of halogens is 3. The van der Waals surface area contributed by atoms with Crippen LogP contribution in [0.5, 0.6) is 5.75 Å². The molecule has 0 saturated carbocycles. The van der Waals surface area contributed by atoms with Crippen LogP contribution in [0.25, 0.3) is 0 Å². The van der Waals surface area contributed by atoms with Crippen molar-refractivity contribution in [2.45, 2.75) is 17.7 Å². The van der Waals surface area contributed by atoms with E-state index in [0.717, 1.165) is 40.3 Å². The van der Waals surface area contributed by atoms with Crippen molar-refractivity contribution in [1.82, 2.24) is 0 Å². The lowest BCUT2D eigenvalue weighted by Gasteiger charge is -2.15. The fraction of sp³-hybridized carbons (Fsp3) is 0.250. The van der Waals surface area contributed by atoms with Crippen molar-refractivity contribution in [2.75, 3.05) is 6.61 Å². The molecular weight excluding hydrogens is 403 g/mol. The summed E-state index contributed by atoms with van der Waals surface area (Å²) in [4.78, 5) is 0.203. The van der Waals surface area contributed by atoms with E-state index in [1.165, 1.54) is 11.1 Å². The topological polar surface area (TPSA) is 9.23 Å². The van der Waals surface area contributed by atoms with E-state index in [1.54, 1.807) is 0 Å². The second kappa shape index (κ2) is 6.08. The second-order valence-corrected chi connectivity index (χ2v) is 7.34. The number of fused-ring (bicyclic) bond motifs is 1. The molecule has 0 spiro atoms. The van der Waals surface area contributed by atoms with E-state index < -0.39 is 0 Å². The van der Waals surface area contributed by atoms with Crippen LogP contribution >= 0.6 is 43.5 Å². The maximum atomic E-state index is 6.21. The summed E-state index contributed by atoms with van der Waals surface area (Å²) in [5.74, 6) is 1.01. The zero-order valence-electron chi connectivity index (χ0n) is 10.7. The summed E-state index contributed by atoms with van der Waals surface area (Å²) < 4.78 is 6.86. The number of ether oxygens (including phenoxy) is 1. The molecule has 3 rings (SSSR count). The van der Waals surface area contributed by atoms with Crippen LogP contribution in [0.2, 0.25) is 5.02 Å². The van der Waals surface area contributed by atoms with Crippen LogP contribution in [-0.2, 0) is 12.8 Å². The van der Waals surface area contributed by atoms with Gasteiger partial charge in [0.25, 0.3) is 0 Å². The molecule has 104 valence electrons. The summed E-state index contributed by atoms with van der Waals surface area (Å²) in [5, 5.41) is 0.782. The highest BCUT2D eigenvalue weighted by atomic mass is 79.9. The molecule has 0 amide bonds. The van der Waals surface area contributed by atoms with E-state index in [2.05, 4.69) is 56.1 Å². The Labute approximate surface area is 140 Å². The zero-order valence-corrected chi connectivity index (χ0v) is 14.6. The van der Waals surface area contributed by atoms with E-state index >= 15 is 0 Å². The van der Waals surface area contributed by atoms with Gasteiger partial charge in [0.15, 0.2) is 0 Å². The molecule has 1 aliphatic rings. The van der Waals surface area contributed by atoms with E-state index in [0.29, 0.717) is 0 Å². The van der Waals surface area contributed by atoms with E-state index in [-0.39, 0.29) is 4.83 Å². The number of hydrogen-bond acceptors (Lipinski definition) is 1. The average Bonchev–Trinajstić information content (AvgIpc) is 2.88. The van der Waals surface area contributed by atoms with E-state index in [9.17, 15) is 0 Å². The molecule has 0 aromatic heterocycles. The Bertz CT molecular complexity index is 625. The highest BCUT2D eigenvalue weighted by Gasteiger charge is 2.22. The predicted octanol–water partition coefficient (Wildman–Crippen LogP) is 5.72. The largest absolute Gasteiger partial charge is 0.493 e. The zero-order chi connectivity index (χ0) is 14.1. The first-order valence-electron chi connectivity index (χ1n) is 6.47. The van der Waals surface area contributed by atoms with E-state index in [4.69, 9.17) is 16.3 Å². The lowest BCUT2D eigenvalue weighted by Crippen LogP contribution is -1.99. The van der Waals surface area contributed by atoms with Crippen molar-refractivity contribution in [2.24, 2.45) is 0 Å². The molecule has 1 heterocycles. The fourth-order valence-corrected chi connectivity index (χ4v) is 3.70. The second-order valence-electron chi connectivity index (χ2n) is 4.88. The van der Waals surface area contributed by atoms with Gasteiger partial charge in [-0.25, -0.2) is 0 Å². The SMILES string of the molecule is Clc1cc2c(c(C(Br)Cc3ccc(Br)cc3)c1)OCC2. The van der Waals surface area contributed by atoms with Gasteiger partial charge in [0.1, 0.15) is 5.75 Å². The van der Waals surface area contributed by atoms with Gasteiger partial charge in [-0.3, -0.25) is 0 Å². The maximum absolute atomic E-state index is 6.21. The molecule has 20 heavy (non-hydrogen) atoms. The molecule has 1 unspecified atom stereocenters. The van der Waals surface area contributed by atoms with E-state index in [1.807, 2.05) is 12.1 Å². The smallest absolute Gasteiger partial charge is 0.127 e. The molecule has 1 atom stereocenters. The van der Waals surface area contributed by atoms with Gasteiger partial charge in [-0.1, -0.05) is 55.6 Å². The fourth-order valence-electron chi connectivity index (χ4n) is 2.47. The van der Waals surface area contributed by atoms with Crippen LogP contribution in [0, 0.1) is 0 Å². The summed E-state index contributed by atoms with van der Waals surface area (Å²) in [5.41, 5.74) is 3.64. The van der Waals surface area contributed by atoms with Crippen LogP contribution in [0.3, 0.4) is 0 Å². The summed E-state index contributed by atoms with van der Waals surface area (Å²) in [7, 11) is 0. The molecular formula is C16H13Br2ClO. The third kappa shape index (κ3) is 3.05. The molecule has 0 aliphatic carbocycles. The highest BCUT2D eigenvalue weighted by molar-refractivity contribution is 9.10. The highest BCUT2D eigenvalue weighted by Crippen LogP contribution is 2.40. The quantitative estimate of drug-likeness (QED) is 0.582. The van der Waals surface area contributed by atoms with Gasteiger partial charge >= 0.3 is 0 Å². The van der Waals surface area contributed by atoms with Gasteiger partial charge in [-0.05, 0) is 41.8 Å². The molecule has 1 aliphatic heterocycles. The molecule has 2 aromatic rings. The minimum atomic E-state index is 0.203. The molecule has 0 saturated heterocycles. The number of alkyl halides is 1. The normalized spacial score (nSPS) is 14.8. The Balaban J connectivity index is 1.87. The standard InChI is InChI=1S/C16H13Br2ClO/c17-12-3-1-10(2-4-12)7-15(18)14-9-13(19)8-11-5-6-20-16(11)14/h1-4,8-9,15H,5-7H2. The molecule has 2 aromatic carbocycles. The van der Waals surface area contributed by atoms with Crippen LogP contribution in [-0.4, -0.2) is 6.61 Å². The molecule has 0 fully saturated rings. The molecule has 0 bridgehead atoms. The van der Waals surface area contributed by atoms with Crippen molar-refractivity contribution < 1.29 is 4.74 Å². The van der Waals surface area contributed by atoms with Crippen molar-refractivity contribution in [3.05, 3.63) is 62.6 Å². The Hall–Kier alpha value is -0.510. The minimum Gasteiger partial charge on any atom is -0.493 e. The van der Waals surface area contributed by atoms with Gasteiger partial charge in [0, 0.05) is 26.3 Å². The van der Waals surface area contributed by atoms with Crippen molar-refractivity contribution in [1.29, 1.82) is 0 Å². The van der Waals surface area contributed by atoms with Crippen molar-refractivity contribution in [3.8, 4) is 5.75 Å². The Kier molecular flexibility index (Phi) is 4.39. The van der Waals surface area contributed by atoms with Gasteiger partial charge in [0.05, 0.1) is 6.61 Å². The summed E-state index contributed by atoms with van der Waals surface area (Å²) >= 11 is 13.4. The van der Waals surface area contributed by atoms with Crippen LogP contribution in [0.4, 0.5) is 0 Å². The third-order valence-corrected chi connectivity index (χ3v) is 5.01. The Morgan fingerprint density at radius 2 is 1.95 bits per heavy atom. The Morgan fingerprint density at radius 1 is 1.20 bits per heavy atom. The van der Waals surface area contributed by atoms with Crippen LogP contribution in [0.1, 0.15) is 21.5 Å². The molecule has 1 nitrogen and oxygen atoms in total. The molecule has 0 radical (unpaired) electrons. The molecule has 0 N–H and O–H groups in total. The first-order chi connectivity index (χ1) is 9.63. The first-order valence-corrected chi connectivity index (χ1v) is 8.56.